The molecular weight excluding hydrogens is 269 g/mol. The molecular formula is C13H19ClFN3O. The number of likely N-dealkylation sites (N-methyl/N-ethyl adjacent to an activating group) is 1. The first-order valence-corrected chi connectivity index (χ1v) is 6.18. The number of amides is 2. The average molecular weight is 288 g/mol. The van der Waals surface area contributed by atoms with Crippen molar-refractivity contribution in [2.24, 2.45) is 0 Å². The lowest BCUT2D eigenvalue weighted by molar-refractivity contribution is 0.187. The number of benzene rings is 1. The Labute approximate surface area is 118 Å². The Kier molecular flexibility index (Phi) is 6.05. The van der Waals surface area contributed by atoms with Gasteiger partial charge in [-0.3, -0.25) is 0 Å². The molecule has 0 saturated carbocycles. The highest BCUT2D eigenvalue weighted by molar-refractivity contribution is 5.89. The van der Waals surface area contributed by atoms with Crippen molar-refractivity contribution in [1.29, 1.82) is 0 Å². The normalized spacial score (nSPS) is 18.6. The number of halogens is 2. The molecule has 1 aromatic carbocycles. The van der Waals surface area contributed by atoms with Crippen LogP contribution in [0.2, 0.25) is 0 Å². The van der Waals surface area contributed by atoms with Crippen LogP contribution in [0.1, 0.15) is 12.8 Å². The van der Waals surface area contributed by atoms with Crippen molar-refractivity contribution in [2.75, 3.05) is 25.5 Å². The fourth-order valence-electron chi connectivity index (χ4n) is 2.13. The van der Waals surface area contributed by atoms with Crippen LogP contribution in [0.5, 0.6) is 0 Å². The molecule has 1 saturated heterocycles. The van der Waals surface area contributed by atoms with Gasteiger partial charge in [0.1, 0.15) is 5.82 Å². The lowest BCUT2D eigenvalue weighted by Crippen LogP contribution is -2.48. The standard InChI is InChI=1S/C13H18FN3O.ClH/c1-15-12-3-2-8-17(9-12)13(18)16-11-6-4-10(14)5-7-11;/h4-7,12,15H,2-3,8-9H2,1H3,(H,16,18);1H/t12-;/m1./s1. The number of urea groups is 1. The van der Waals surface area contributed by atoms with Crippen LogP contribution in [0.4, 0.5) is 14.9 Å². The third-order valence-electron chi connectivity index (χ3n) is 3.21. The number of hydrogen-bond donors (Lipinski definition) is 2. The Morgan fingerprint density at radius 1 is 1.37 bits per heavy atom. The van der Waals surface area contributed by atoms with E-state index in [0.29, 0.717) is 18.3 Å². The number of nitrogens with one attached hydrogen (secondary N) is 2. The molecule has 4 nitrogen and oxygen atoms in total. The molecule has 19 heavy (non-hydrogen) atoms. The van der Waals surface area contributed by atoms with Crippen molar-refractivity contribution in [2.45, 2.75) is 18.9 Å². The summed E-state index contributed by atoms with van der Waals surface area (Å²) in [6, 6.07) is 6.03. The van der Waals surface area contributed by atoms with Gasteiger partial charge in [-0.15, -0.1) is 12.4 Å². The largest absolute Gasteiger partial charge is 0.323 e. The maximum absolute atomic E-state index is 12.7. The summed E-state index contributed by atoms with van der Waals surface area (Å²) in [5.41, 5.74) is 0.619. The number of rotatable bonds is 2. The van der Waals surface area contributed by atoms with E-state index in [2.05, 4.69) is 10.6 Å². The lowest BCUT2D eigenvalue weighted by atomic mass is 10.1. The van der Waals surface area contributed by atoms with Crippen molar-refractivity contribution in [3.63, 3.8) is 0 Å². The maximum atomic E-state index is 12.7. The monoisotopic (exact) mass is 287 g/mol. The van der Waals surface area contributed by atoms with Crippen molar-refractivity contribution >= 4 is 24.1 Å². The third-order valence-corrected chi connectivity index (χ3v) is 3.21. The molecule has 0 radical (unpaired) electrons. The zero-order chi connectivity index (χ0) is 13.0. The molecule has 1 aliphatic rings. The molecule has 1 aliphatic heterocycles. The van der Waals surface area contributed by atoms with Crippen LogP contribution in [-0.4, -0.2) is 37.1 Å². The van der Waals surface area contributed by atoms with Crippen LogP contribution >= 0.6 is 12.4 Å². The van der Waals surface area contributed by atoms with Gasteiger partial charge in [0.2, 0.25) is 0 Å². The van der Waals surface area contributed by atoms with Gasteiger partial charge in [-0.05, 0) is 44.2 Å². The summed E-state index contributed by atoms with van der Waals surface area (Å²) < 4.78 is 12.7. The smallest absolute Gasteiger partial charge is 0.321 e. The summed E-state index contributed by atoms with van der Waals surface area (Å²) >= 11 is 0. The predicted octanol–water partition coefficient (Wildman–Crippen LogP) is 2.46. The minimum atomic E-state index is -0.304. The van der Waals surface area contributed by atoms with Crippen LogP contribution in [0.3, 0.4) is 0 Å². The van der Waals surface area contributed by atoms with Gasteiger partial charge in [0.05, 0.1) is 0 Å². The van der Waals surface area contributed by atoms with Crippen LogP contribution in [0, 0.1) is 5.82 Å². The molecule has 2 N–H and O–H groups in total. The second-order valence-electron chi connectivity index (χ2n) is 4.51. The van der Waals surface area contributed by atoms with Crippen molar-refractivity contribution in [3.8, 4) is 0 Å². The van der Waals surface area contributed by atoms with Gasteiger partial charge in [-0.25, -0.2) is 9.18 Å². The van der Waals surface area contributed by atoms with E-state index >= 15 is 0 Å². The second-order valence-corrected chi connectivity index (χ2v) is 4.51. The quantitative estimate of drug-likeness (QED) is 0.878. The Morgan fingerprint density at radius 2 is 2.05 bits per heavy atom. The molecule has 6 heteroatoms. The van der Waals surface area contributed by atoms with Gasteiger partial charge in [0.25, 0.3) is 0 Å². The van der Waals surface area contributed by atoms with Gasteiger partial charge in [-0.2, -0.15) is 0 Å². The highest BCUT2D eigenvalue weighted by atomic mass is 35.5. The number of anilines is 1. The van der Waals surface area contributed by atoms with E-state index in [9.17, 15) is 9.18 Å². The molecule has 0 spiro atoms. The van der Waals surface area contributed by atoms with Crippen LogP contribution in [0.25, 0.3) is 0 Å². The number of likely N-dealkylation sites (tertiary alicyclic amines) is 1. The molecule has 1 fully saturated rings. The molecule has 2 amide bonds. The van der Waals surface area contributed by atoms with E-state index in [4.69, 9.17) is 0 Å². The molecule has 1 aromatic rings. The van der Waals surface area contributed by atoms with Gasteiger partial charge in [0.15, 0.2) is 0 Å². The molecule has 0 aliphatic carbocycles. The number of nitrogens with zero attached hydrogens (tertiary/aromatic N) is 1. The second kappa shape index (κ2) is 7.31. The number of carbonyl (C=O) groups excluding carboxylic acids is 1. The maximum Gasteiger partial charge on any atom is 0.321 e. The predicted molar refractivity (Wildman–Crippen MR) is 76.3 cm³/mol. The summed E-state index contributed by atoms with van der Waals surface area (Å²) in [4.78, 5) is 13.8. The Balaban J connectivity index is 0.00000180. The van der Waals surface area contributed by atoms with Crippen molar-refractivity contribution in [1.82, 2.24) is 10.2 Å². The number of piperidine rings is 1. The zero-order valence-corrected chi connectivity index (χ0v) is 11.7. The van der Waals surface area contributed by atoms with Crippen LogP contribution in [0.15, 0.2) is 24.3 Å². The molecule has 106 valence electrons. The van der Waals surface area contributed by atoms with Gasteiger partial charge in [-0.1, -0.05) is 0 Å². The van der Waals surface area contributed by atoms with Crippen molar-refractivity contribution < 1.29 is 9.18 Å². The Morgan fingerprint density at radius 3 is 2.68 bits per heavy atom. The molecule has 0 unspecified atom stereocenters. The van der Waals surface area contributed by atoms with Crippen LogP contribution in [-0.2, 0) is 0 Å². The summed E-state index contributed by atoms with van der Waals surface area (Å²) in [5.74, 6) is -0.304. The minimum Gasteiger partial charge on any atom is -0.323 e. The summed E-state index contributed by atoms with van der Waals surface area (Å²) in [7, 11) is 1.91. The lowest BCUT2D eigenvalue weighted by Gasteiger charge is -2.32. The molecule has 1 atom stereocenters. The Bertz CT molecular complexity index is 413. The van der Waals surface area contributed by atoms with E-state index in [1.807, 2.05) is 7.05 Å². The highest BCUT2D eigenvalue weighted by Crippen LogP contribution is 2.13. The topological polar surface area (TPSA) is 44.4 Å². The van der Waals surface area contributed by atoms with E-state index < -0.39 is 0 Å². The average Bonchev–Trinajstić information content (AvgIpc) is 2.41. The van der Waals surface area contributed by atoms with E-state index in [0.717, 1.165) is 19.4 Å². The number of hydrogen-bond acceptors (Lipinski definition) is 2. The highest BCUT2D eigenvalue weighted by Gasteiger charge is 2.22. The fourth-order valence-corrected chi connectivity index (χ4v) is 2.13. The Hall–Kier alpha value is -1.33. The van der Waals surface area contributed by atoms with Crippen LogP contribution < -0.4 is 10.6 Å². The van der Waals surface area contributed by atoms with Gasteiger partial charge >= 0.3 is 6.03 Å². The molecule has 2 rings (SSSR count). The van der Waals surface area contributed by atoms with E-state index in [1.165, 1.54) is 12.1 Å². The third kappa shape index (κ3) is 4.36. The number of carbonyl (C=O) groups is 1. The van der Waals surface area contributed by atoms with Gasteiger partial charge < -0.3 is 15.5 Å². The van der Waals surface area contributed by atoms with E-state index in [1.54, 1.807) is 17.0 Å². The zero-order valence-electron chi connectivity index (χ0n) is 10.9. The summed E-state index contributed by atoms with van der Waals surface area (Å²) in [5, 5.41) is 5.96. The van der Waals surface area contributed by atoms with Crippen molar-refractivity contribution in [3.05, 3.63) is 30.1 Å². The molecule has 0 bridgehead atoms. The first-order chi connectivity index (χ1) is 8.69. The summed E-state index contributed by atoms with van der Waals surface area (Å²) in [6.45, 7) is 1.48. The minimum absolute atomic E-state index is 0. The SMILES string of the molecule is CN[C@@H]1CCCN(C(=O)Nc2ccc(F)cc2)C1.Cl. The summed E-state index contributed by atoms with van der Waals surface area (Å²) in [6.07, 6.45) is 2.10. The molecule has 0 aromatic heterocycles. The first kappa shape index (κ1) is 15.7. The first-order valence-electron chi connectivity index (χ1n) is 6.18. The van der Waals surface area contributed by atoms with Gasteiger partial charge in [0, 0.05) is 24.8 Å². The van der Waals surface area contributed by atoms with E-state index in [-0.39, 0.29) is 24.3 Å². The fraction of sp³-hybridized carbons (Fsp3) is 0.462. The molecule has 1 heterocycles.